The van der Waals surface area contributed by atoms with Gasteiger partial charge in [-0.05, 0) is 25.1 Å². The average Bonchev–Trinajstić information content (AvgIpc) is 3.42. The lowest BCUT2D eigenvalue weighted by Gasteiger charge is -2.09. The van der Waals surface area contributed by atoms with Crippen LogP contribution in [0.15, 0.2) is 65.7 Å². The largest absolute Gasteiger partial charge is 0.368 e. The van der Waals surface area contributed by atoms with Crippen molar-refractivity contribution >= 4 is 23.3 Å². The van der Waals surface area contributed by atoms with E-state index in [-0.39, 0.29) is 5.91 Å². The Morgan fingerprint density at radius 1 is 1.13 bits per heavy atom. The van der Waals surface area contributed by atoms with E-state index in [9.17, 15) is 4.79 Å². The van der Waals surface area contributed by atoms with Gasteiger partial charge >= 0.3 is 0 Å². The summed E-state index contributed by atoms with van der Waals surface area (Å²) in [5, 5.41) is 10.6. The minimum atomic E-state index is -0.277. The normalized spacial score (nSPS) is 10.7. The summed E-state index contributed by atoms with van der Waals surface area (Å²) in [6, 6.07) is 12.9. The number of benzene rings is 1. The highest BCUT2D eigenvalue weighted by Gasteiger charge is 2.22. The van der Waals surface area contributed by atoms with Gasteiger partial charge in [-0.3, -0.25) is 4.79 Å². The molecule has 1 aromatic carbocycles. The van der Waals surface area contributed by atoms with Crippen LogP contribution in [0.5, 0.6) is 0 Å². The molecule has 3 aromatic heterocycles. The maximum atomic E-state index is 12.7. The van der Waals surface area contributed by atoms with Gasteiger partial charge in [0, 0.05) is 37.1 Å². The number of anilines is 1. The van der Waals surface area contributed by atoms with Crippen LogP contribution in [0.2, 0.25) is 5.02 Å². The van der Waals surface area contributed by atoms with Crippen LogP contribution in [-0.4, -0.2) is 38.7 Å². The predicted octanol–water partition coefficient (Wildman–Crippen LogP) is 3.73. The lowest BCUT2D eigenvalue weighted by atomic mass is 10.1. The summed E-state index contributed by atoms with van der Waals surface area (Å²) >= 11 is 6.25. The number of aromatic nitrogens is 4. The van der Waals surface area contributed by atoms with Crippen LogP contribution in [0.3, 0.4) is 0 Å². The number of hydrogen-bond donors (Lipinski definition) is 2. The minimum absolute atomic E-state index is 0.277. The standard InChI is InChI=1S/C21H19ClN6O2/c1-14-19(20(27-30-14)15-6-2-3-7-16(15)22)21(29)24-9-8-23-17-12-18(26-13-25-17)28-10-4-5-11-28/h2-7,10-13H,8-9H2,1H3,(H,24,29)(H,23,25,26). The maximum absolute atomic E-state index is 12.7. The van der Waals surface area contributed by atoms with Crippen LogP contribution in [0, 0.1) is 6.92 Å². The molecule has 0 aliphatic carbocycles. The summed E-state index contributed by atoms with van der Waals surface area (Å²) in [6.45, 7) is 2.57. The fourth-order valence-electron chi connectivity index (χ4n) is 3.00. The molecule has 0 bridgehead atoms. The zero-order valence-electron chi connectivity index (χ0n) is 16.2. The molecule has 3 heterocycles. The van der Waals surface area contributed by atoms with Gasteiger partial charge in [-0.15, -0.1) is 0 Å². The Morgan fingerprint density at radius 2 is 1.93 bits per heavy atom. The monoisotopic (exact) mass is 422 g/mol. The Kier molecular flexibility index (Phi) is 5.76. The number of nitrogens with zero attached hydrogens (tertiary/aromatic N) is 4. The first-order valence-electron chi connectivity index (χ1n) is 9.32. The van der Waals surface area contributed by atoms with Gasteiger partial charge in [0.05, 0.1) is 5.02 Å². The van der Waals surface area contributed by atoms with E-state index in [4.69, 9.17) is 16.1 Å². The van der Waals surface area contributed by atoms with Crippen molar-refractivity contribution in [2.24, 2.45) is 0 Å². The number of halogens is 1. The van der Waals surface area contributed by atoms with E-state index in [1.54, 1.807) is 19.1 Å². The lowest BCUT2D eigenvalue weighted by Crippen LogP contribution is -2.29. The molecular weight excluding hydrogens is 404 g/mol. The molecule has 0 atom stereocenters. The van der Waals surface area contributed by atoms with E-state index < -0.39 is 0 Å². The van der Waals surface area contributed by atoms with Crippen molar-refractivity contribution in [3.05, 3.63) is 77.5 Å². The number of carbonyl (C=O) groups is 1. The van der Waals surface area contributed by atoms with Crippen LogP contribution in [0.4, 0.5) is 5.82 Å². The van der Waals surface area contributed by atoms with Gasteiger partial charge in [0.25, 0.3) is 5.91 Å². The summed E-state index contributed by atoms with van der Waals surface area (Å²) in [4.78, 5) is 21.2. The fraction of sp³-hybridized carbons (Fsp3) is 0.143. The highest BCUT2D eigenvalue weighted by Crippen LogP contribution is 2.30. The smallest absolute Gasteiger partial charge is 0.257 e. The quantitative estimate of drug-likeness (QED) is 0.440. The van der Waals surface area contributed by atoms with E-state index >= 15 is 0 Å². The second-order valence-corrected chi connectivity index (χ2v) is 6.88. The van der Waals surface area contributed by atoms with Crippen molar-refractivity contribution in [1.29, 1.82) is 0 Å². The Hall–Kier alpha value is -3.65. The molecule has 0 aliphatic heterocycles. The van der Waals surface area contributed by atoms with Gasteiger partial charge < -0.3 is 19.7 Å². The second-order valence-electron chi connectivity index (χ2n) is 6.48. The van der Waals surface area contributed by atoms with Gasteiger partial charge in [-0.2, -0.15) is 0 Å². The molecule has 0 saturated heterocycles. The Balaban J connectivity index is 1.38. The Bertz CT molecular complexity index is 1160. The fourth-order valence-corrected chi connectivity index (χ4v) is 3.23. The van der Waals surface area contributed by atoms with Crippen LogP contribution >= 0.6 is 11.6 Å². The topological polar surface area (TPSA) is 97.9 Å². The molecule has 0 fully saturated rings. The van der Waals surface area contributed by atoms with Gasteiger partial charge in [0.15, 0.2) is 0 Å². The molecule has 2 N–H and O–H groups in total. The molecule has 0 aliphatic rings. The number of amides is 1. The summed E-state index contributed by atoms with van der Waals surface area (Å²) in [6.07, 6.45) is 5.31. The van der Waals surface area contributed by atoms with Crippen molar-refractivity contribution in [3.8, 4) is 17.1 Å². The Morgan fingerprint density at radius 3 is 2.73 bits per heavy atom. The van der Waals surface area contributed by atoms with Gasteiger partial charge in [-0.1, -0.05) is 35.0 Å². The minimum Gasteiger partial charge on any atom is -0.368 e. The summed E-state index contributed by atoms with van der Waals surface area (Å²) in [5.74, 6) is 1.58. The van der Waals surface area contributed by atoms with E-state index in [1.807, 2.05) is 47.3 Å². The molecule has 0 unspecified atom stereocenters. The zero-order valence-corrected chi connectivity index (χ0v) is 16.9. The van der Waals surface area contributed by atoms with Crippen LogP contribution < -0.4 is 10.6 Å². The zero-order chi connectivity index (χ0) is 20.9. The molecule has 0 saturated carbocycles. The third kappa shape index (κ3) is 4.18. The van der Waals surface area contributed by atoms with E-state index in [2.05, 4.69) is 25.8 Å². The van der Waals surface area contributed by atoms with Crippen LogP contribution in [0.1, 0.15) is 16.1 Å². The molecule has 0 spiro atoms. The van der Waals surface area contributed by atoms with E-state index in [0.29, 0.717) is 46.5 Å². The highest BCUT2D eigenvalue weighted by atomic mass is 35.5. The molecule has 1 amide bonds. The van der Waals surface area contributed by atoms with Gasteiger partial charge in [0.2, 0.25) is 0 Å². The summed E-state index contributed by atoms with van der Waals surface area (Å²) < 4.78 is 7.13. The predicted molar refractivity (Wildman–Crippen MR) is 114 cm³/mol. The summed E-state index contributed by atoms with van der Waals surface area (Å²) in [5.41, 5.74) is 1.45. The van der Waals surface area contributed by atoms with Crippen molar-refractivity contribution in [2.45, 2.75) is 6.92 Å². The van der Waals surface area contributed by atoms with Crippen LogP contribution in [-0.2, 0) is 0 Å². The van der Waals surface area contributed by atoms with Crippen molar-refractivity contribution in [1.82, 2.24) is 25.0 Å². The molecule has 4 aromatic rings. The van der Waals surface area contributed by atoms with Gasteiger partial charge in [-0.25, -0.2) is 9.97 Å². The van der Waals surface area contributed by atoms with E-state index in [0.717, 1.165) is 5.82 Å². The molecular formula is C21H19ClN6O2. The first kappa shape index (κ1) is 19.7. The molecule has 30 heavy (non-hydrogen) atoms. The van der Waals surface area contributed by atoms with Crippen molar-refractivity contribution < 1.29 is 9.32 Å². The number of nitrogens with one attached hydrogen (secondary N) is 2. The van der Waals surface area contributed by atoms with Crippen molar-refractivity contribution in [3.63, 3.8) is 0 Å². The average molecular weight is 423 g/mol. The van der Waals surface area contributed by atoms with E-state index in [1.165, 1.54) is 6.33 Å². The van der Waals surface area contributed by atoms with Crippen LogP contribution in [0.25, 0.3) is 17.1 Å². The summed E-state index contributed by atoms with van der Waals surface area (Å²) in [7, 11) is 0. The number of carbonyl (C=O) groups excluding carboxylic acids is 1. The second kappa shape index (κ2) is 8.79. The molecule has 8 nitrogen and oxygen atoms in total. The highest BCUT2D eigenvalue weighted by molar-refractivity contribution is 6.33. The number of hydrogen-bond acceptors (Lipinski definition) is 6. The third-order valence-corrected chi connectivity index (χ3v) is 4.79. The Labute approximate surface area is 177 Å². The van der Waals surface area contributed by atoms with Gasteiger partial charge in [0.1, 0.15) is 35.0 Å². The maximum Gasteiger partial charge on any atom is 0.257 e. The lowest BCUT2D eigenvalue weighted by molar-refractivity contribution is 0.0954. The number of aryl methyl sites for hydroxylation is 1. The molecule has 4 rings (SSSR count). The SMILES string of the molecule is Cc1onc(-c2ccccc2Cl)c1C(=O)NCCNc1cc(-n2cccc2)ncn1. The number of rotatable bonds is 7. The molecule has 9 heteroatoms. The molecule has 152 valence electrons. The third-order valence-electron chi connectivity index (χ3n) is 4.46. The van der Waals surface area contributed by atoms with Crippen molar-refractivity contribution in [2.75, 3.05) is 18.4 Å². The molecule has 0 radical (unpaired) electrons. The first-order valence-corrected chi connectivity index (χ1v) is 9.70. The first-order chi connectivity index (χ1) is 14.6.